The van der Waals surface area contributed by atoms with Gasteiger partial charge in [0.15, 0.2) is 5.17 Å². The Balaban J connectivity index is 1.69. The van der Waals surface area contributed by atoms with E-state index in [4.69, 9.17) is 18.6 Å². The topological polar surface area (TPSA) is 103 Å². The van der Waals surface area contributed by atoms with Crippen molar-refractivity contribution in [3.63, 3.8) is 0 Å². The van der Waals surface area contributed by atoms with Gasteiger partial charge < -0.3 is 28.8 Å². The van der Waals surface area contributed by atoms with Crippen molar-refractivity contribution >= 4 is 28.8 Å². The van der Waals surface area contributed by atoms with Crippen LogP contribution in [0.3, 0.4) is 0 Å². The van der Waals surface area contributed by atoms with Crippen molar-refractivity contribution in [2.45, 2.75) is 25.9 Å². The third-order valence-electron chi connectivity index (χ3n) is 5.67. The van der Waals surface area contributed by atoms with Crippen LogP contribution < -0.4 is 14.8 Å². The third kappa shape index (κ3) is 5.18. The first-order chi connectivity index (χ1) is 17.5. The van der Waals surface area contributed by atoms with E-state index < -0.39 is 12.0 Å². The molecule has 36 heavy (non-hydrogen) atoms. The summed E-state index contributed by atoms with van der Waals surface area (Å²) in [6.07, 6.45) is 3.15. The third-order valence-corrected chi connectivity index (χ3v) is 6.56. The number of amidine groups is 1. The van der Waals surface area contributed by atoms with Gasteiger partial charge in [0.25, 0.3) is 0 Å². The average Bonchev–Trinajstić information content (AvgIpc) is 3.55. The number of rotatable bonds is 10. The van der Waals surface area contributed by atoms with Crippen molar-refractivity contribution in [1.29, 1.82) is 0 Å². The number of allylic oxidation sites excluding steroid dienone is 1. The van der Waals surface area contributed by atoms with Gasteiger partial charge in [-0.15, -0.1) is 0 Å². The minimum atomic E-state index is -0.630. The van der Waals surface area contributed by atoms with Crippen molar-refractivity contribution in [2.75, 3.05) is 20.8 Å². The van der Waals surface area contributed by atoms with Gasteiger partial charge in [-0.2, -0.15) is 0 Å². The summed E-state index contributed by atoms with van der Waals surface area (Å²) in [4.78, 5) is 32.6. The second kappa shape index (κ2) is 11.2. The molecule has 1 atom stereocenters. The van der Waals surface area contributed by atoms with E-state index in [0.717, 1.165) is 0 Å². The minimum absolute atomic E-state index is 0.0608. The summed E-state index contributed by atoms with van der Waals surface area (Å²) in [6, 6.07) is 8.33. The van der Waals surface area contributed by atoms with E-state index in [0.29, 0.717) is 45.0 Å². The number of methoxy groups -OCH3 is 2. The predicted molar refractivity (Wildman–Crippen MR) is 136 cm³/mol. The first kappa shape index (κ1) is 25.2. The van der Waals surface area contributed by atoms with Crippen molar-refractivity contribution in [1.82, 2.24) is 10.2 Å². The van der Waals surface area contributed by atoms with Gasteiger partial charge in [0, 0.05) is 17.3 Å². The summed E-state index contributed by atoms with van der Waals surface area (Å²) in [5.74, 6) is 1.09. The van der Waals surface area contributed by atoms with Crippen LogP contribution in [0, 0.1) is 0 Å². The van der Waals surface area contributed by atoms with Gasteiger partial charge in [-0.1, -0.05) is 24.4 Å². The highest BCUT2D eigenvalue weighted by Gasteiger charge is 2.42. The molecule has 1 N–H and O–H groups in total. The number of nitrogens with zero attached hydrogens (tertiary/aromatic N) is 2. The fraction of sp³-hybridized carbons (Fsp3) is 0.269. The predicted octanol–water partition coefficient (Wildman–Crippen LogP) is 4.31. The Hall–Kier alpha value is -3.92. The maximum Gasteiger partial charge on any atom is 0.338 e. The van der Waals surface area contributed by atoms with Gasteiger partial charge in [0.1, 0.15) is 23.9 Å². The minimum Gasteiger partial charge on any atom is -0.497 e. The van der Waals surface area contributed by atoms with E-state index in [9.17, 15) is 9.59 Å². The number of carbonyl (C=O) groups excluding carboxylic acids is 2. The van der Waals surface area contributed by atoms with Gasteiger partial charge in [-0.3, -0.25) is 4.79 Å². The Kier molecular flexibility index (Phi) is 7.84. The second-order valence-electron chi connectivity index (χ2n) is 7.92. The van der Waals surface area contributed by atoms with Gasteiger partial charge >= 0.3 is 5.97 Å². The lowest BCUT2D eigenvalue weighted by atomic mass is 9.93. The molecule has 0 spiro atoms. The van der Waals surface area contributed by atoms with Crippen LogP contribution in [0.2, 0.25) is 0 Å². The van der Waals surface area contributed by atoms with Crippen LogP contribution in [0.1, 0.15) is 30.7 Å². The monoisotopic (exact) mass is 509 g/mol. The zero-order chi connectivity index (χ0) is 25.7. The average molecular weight is 510 g/mol. The number of amides is 1. The highest BCUT2D eigenvalue weighted by Crippen LogP contribution is 2.47. The van der Waals surface area contributed by atoms with Crippen LogP contribution in [0.5, 0.6) is 11.5 Å². The van der Waals surface area contributed by atoms with Crippen LogP contribution in [0.15, 0.2) is 81.0 Å². The molecule has 2 aliphatic heterocycles. The maximum atomic E-state index is 13.2. The number of hydrogen-bond donors (Lipinski definition) is 1. The van der Waals surface area contributed by atoms with E-state index in [1.807, 2.05) is 16.4 Å². The fourth-order valence-electron chi connectivity index (χ4n) is 4.01. The van der Waals surface area contributed by atoms with Crippen LogP contribution in [0.25, 0.3) is 0 Å². The number of thioether (sulfide) groups is 1. The molecule has 0 saturated carbocycles. The number of fused-ring (bicyclic) bond motifs is 1. The summed E-state index contributed by atoms with van der Waals surface area (Å²) >= 11 is 1.39. The molecule has 0 fully saturated rings. The van der Waals surface area contributed by atoms with Crippen molar-refractivity contribution in [2.24, 2.45) is 4.99 Å². The largest absolute Gasteiger partial charge is 0.497 e. The Morgan fingerprint density at radius 1 is 1.28 bits per heavy atom. The summed E-state index contributed by atoms with van der Waals surface area (Å²) in [5, 5.41) is 5.40. The van der Waals surface area contributed by atoms with E-state index in [2.05, 4.69) is 16.9 Å². The normalized spacial score (nSPS) is 16.6. The van der Waals surface area contributed by atoms with E-state index in [1.54, 1.807) is 51.7 Å². The highest BCUT2D eigenvalue weighted by molar-refractivity contribution is 8.16. The molecule has 188 valence electrons. The molecule has 0 unspecified atom stereocenters. The molecule has 1 amide bonds. The van der Waals surface area contributed by atoms with Gasteiger partial charge in [0.05, 0.1) is 50.8 Å². The number of carbonyl (C=O) groups is 2. The standard InChI is InChI=1S/C26H27N3O6S/c1-5-10-35-25(31)23-16(2)28-26-29(24(23)20-9-8-18(32-3)13-21(20)33-4)17(15-36-26)12-22(30)27-14-19-7-6-11-34-19/h5-9,11,13,15,24H,1,10,12,14H2,2-4H3,(H,27,30)/t24-/m1/s1. The van der Waals surface area contributed by atoms with Crippen LogP contribution in [-0.4, -0.2) is 42.8 Å². The highest BCUT2D eigenvalue weighted by atomic mass is 32.2. The number of aliphatic imine (C=N–C) groups is 1. The smallest absolute Gasteiger partial charge is 0.338 e. The molecule has 2 aromatic rings. The number of esters is 1. The molecular weight excluding hydrogens is 482 g/mol. The summed E-state index contributed by atoms with van der Waals surface area (Å²) in [5.41, 5.74) is 2.29. The maximum absolute atomic E-state index is 13.2. The van der Waals surface area contributed by atoms with E-state index in [-0.39, 0.29) is 25.5 Å². The number of ether oxygens (including phenoxy) is 3. The Bertz CT molecular complexity index is 1250. The number of furan rings is 1. The molecule has 2 aliphatic rings. The quantitative estimate of drug-likeness (QED) is 0.373. The Morgan fingerprint density at radius 2 is 2.11 bits per heavy atom. The van der Waals surface area contributed by atoms with Crippen molar-refractivity contribution in [3.8, 4) is 11.5 Å². The number of hydrogen-bond acceptors (Lipinski definition) is 9. The van der Waals surface area contributed by atoms with Crippen molar-refractivity contribution in [3.05, 3.63) is 82.9 Å². The molecule has 0 bridgehead atoms. The molecule has 0 saturated heterocycles. The van der Waals surface area contributed by atoms with E-state index >= 15 is 0 Å². The van der Waals surface area contributed by atoms with Gasteiger partial charge in [-0.05, 0) is 36.6 Å². The molecule has 3 heterocycles. The van der Waals surface area contributed by atoms with Gasteiger partial charge in [-0.25, -0.2) is 9.79 Å². The first-order valence-corrected chi connectivity index (χ1v) is 12.1. The van der Waals surface area contributed by atoms with Gasteiger partial charge in [0.2, 0.25) is 5.91 Å². The number of nitrogens with one attached hydrogen (secondary N) is 1. The zero-order valence-corrected chi connectivity index (χ0v) is 21.1. The molecule has 4 rings (SSSR count). The van der Waals surface area contributed by atoms with E-state index in [1.165, 1.54) is 17.8 Å². The SMILES string of the molecule is C=CCOC(=O)C1=C(C)N=C2SC=C(CC(=O)NCc3ccco3)N2[C@@H]1c1ccc(OC)cc1OC. The van der Waals surface area contributed by atoms with Crippen molar-refractivity contribution < 1.29 is 28.2 Å². The molecule has 0 aliphatic carbocycles. The fourth-order valence-corrected chi connectivity index (χ4v) is 4.97. The zero-order valence-electron chi connectivity index (χ0n) is 20.3. The first-order valence-electron chi connectivity index (χ1n) is 11.2. The summed E-state index contributed by atoms with van der Waals surface area (Å²) < 4.78 is 21.7. The molecule has 0 radical (unpaired) electrons. The number of benzene rings is 1. The Morgan fingerprint density at radius 3 is 2.81 bits per heavy atom. The lowest BCUT2D eigenvalue weighted by Crippen LogP contribution is -2.38. The molecule has 10 heteroatoms. The van der Waals surface area contributed by atoms with Crippen LogP contribution >= 0.6 is 11.8 Å². The summed E-state index contributed by atoms with van der Waals surface area (Å²) in [6.45, 7) is 5.74. The molecule has 1 aromatic carbocycles. The van der Waals surface area contributed by atoms with Crippen LogP contribution in [-0.2, 0) is 20.9 Å². The molecule has 9 nitrogen and oxygen atoms in total. The molecule has 1 aromatic heterocycles. The second-order valence-corrected chi connectivity index (χ2v) is 8.76. The lowest BCUT2D eigenvalue weighted by molar-refractivity contribution is -0.138. The lowest BCUT2D eigenvalue weighted by Gasteiger charge is -2.36. The Labute approximate surface area is 213 Å². The molecular formula is C26H27N3O6S. The van der Waals surface area contributed by atoms with Crippen LogP contribution in [0.4, 0.5) is 0 Å². The summed E-state index contributed by atoms with van der Waals surface area (Å²) in [7, 11) is 3.13.